The Morgan fingerprint density at radius 2 is 1.34 bits per heavy atom. The van der Waals surface area contributed by atoms with Crippen LogP contribution in [0.1, 0.15) is 119 Å². The zero-order chi connectivity index (χ0) is 25.3. The second kappa shape index (κ2) is 40.7. The maximum atomic E-state index is 3.46. The van der Waals surface area contributed by atoms with E-state index in [1.54, 1.807) is 6.08 Å². The van der Waals surface area contributed by atoms with Gasteiger partial charge in [-0.2, -0.15) is 0 Å². The van der Waals surface area contributed by atoms with Crippen molar-refractivity contribution in [1.82, 2.24) is 4.90 Å². The summed E-state index contributed by atoms with van der Waals surface area (Å²) in [6.45, 7) is 19.6. The fraction of sp³-hybridized carbons (Fsp3) is 0.733. The summed E-state index contributed by atoms with van der Waals surface area (Å²) in [5.41, 5.74) is 0. The van der Waals surface area contributed by atoms with Crippen LogP contribution in [0.15, 0.2) is 48.6 Å². The van der Waals surface area contributed by atoms with Crippen molar-refractivity contribution in [3.63, 3.8) is 0 Å². The summed E-state index contributed by atoms with van der Waals surface area (Å²) >= 11 is 0. The Morgan fingerprint density at radius 3 is 1.66 bits per heavy atom. The molecule has 0 aromatic carbocycles. The Bertz CT molecular complexity index is 365. The van der Waals surface area contributed by atoms with E-state index in [2.05, 4.69) is 90.9 Å². The van der Waals surface area contributed by atoms with Crippen molar-refractivity contribution in [3.8, 4) is 0 Å². The lowest BCUT2D eigenvalue weighted by Gasteiger charge is -2.12. The molecule has 0 spiro atoms. The van der Waals surface area contributed by atoms with Crippen molar-refractivity contribution in [2.75, 3.05) is 20.6 Å². The van der Waals surface area contributed by atoms with Gasteiger partial charge in [-0.25, -0.2) is 0 Å². The summed E-state index contributed by atoms with van der Waals surface area (Å²) in [7, 11) is 5.10. The molecular formula is C30H62NP. The summed E-state index contributed by atoms with van der Waals surface area (Å²) in [5, 5.41) is 0. The van der Waals surface area contributed by atoms with Crippen LogP contribution in [0.5, 0.6) is 0 Å². The maximum Gasteiger partial charge on any atom is 0.00357 e. The Morgan fingerprint density at radius 1 is 0.875 bits per heavy atom. The molecule has 2 heteroatoms. The van der Waals surface area contributed by atoms with Crippen LogP contribution >= 0.6 is 8.58 Å². The molecule has 0 aliphatic heterocycles. The van der Waals surface area contributed by atoms with Gasteiger partial charge in [0.1, 0.15) is 0 Å². The number of allylic oxidation sites excluding steroid dienone is 4. The van der Waals surface area contributed by atoms with E-state index >= 15 is 0 Å². The smallest absolute Gasteiger partial charge is 0.00357 e. The molecular weight excluding hydrogens is 405 g/mol. The van der Waals surface area contributed by atoms with Gasteiger partial charge in [0.15, 0.2) is 0 Å². The van der Waals surface area contributed by atoms with E-state index in [1.165, 1.54) is 70.6 Å². The third kappa shape index (κ3) is 57.0. The topological polar surface area (TPSA) is 3.24 Å². The van der Waals surface area contributed by atoms with Crippen molar-refractivity contribution in [2.45, 2.75) is 119 Å². The first-order chi connectivity index (χ1) is 15.4. The highest BCUT2D eigenvalue weighted by molar-refractivity contribution is 7.45. The summed E-state index contributed by atoms with van der Waals surface area (Å²) in [6, 6.07) is 0. The zero-order valence-corrected chi connectivity index (χ0v) is 24.8. The Balaban J connectivity index is -0.000000188. The van der Waals surface area contributed by atoms with Gasteiger partial charge >= 0.3 is 0 Å². The molecule has 1 aliphatic rings. The molecule has 0 heterocycles. The summed E-state index contributed by atoms with van der Waals surface area (Å²) in [4.78, 5) is 2.23. The van der Waals surface area contributed by atoms with Crippen molar-refractivity contribution in [3.05, 3.63) is 48.6 Å². The van der Waals surface area contributed by atoms with Gasteiger partial charge in [0, 0.05) is 6.54 Å². The monoisotopic (exact) mass is 467 g/mol. The van der Waals surface area contributed by atoms with Crippen LogP contribution < -0.4 is 0 Å². The van der Waals surface area contributed by atoms with E-state index in [4.69, 9.17) is 0 Å². The third-order valence-electron chi connectivity index (χ3n) is 3.94. The lowest BCUT2D eigenvalue weighted by atomic mass is 10.0. The minimum absolute atomic E-state index is 0.663. The van der Waals surface area contributed by atoms with Gasteiger partial charge in [-0.15, -0.1) is 0 Å². The standard InChI is InChI=1S/C13H26NP.C6H12.C5H8.2C3H8/c1-5-6-7-8-10-15-11-9-13(2)12-14(3)4;1-2-4-6-5-3-1;1-3-5-4-2;2*1-3-2/h8-11,13,15H,5-7,12H2,1-4H3;1-6H2;3-5H,1H2,2H3;2*3H2,1-2H3/b10-8?,11-9+;;;;. The first-order valence-corrected chi connectivity index (χ1v) is 14.5. The third-order valence-corrected chi connectivity index (χ3v) is 4.75. The molecule has 0 bridgehead atoms. The minimum atomic E-state index is 0.663. The van der Waals surface area contributed by atoms with E-state index in [0.29, 0.717) is 5.92 Å². The molecule has 0 aromatic heterocycles. The van der Waals surface area contributed by atoms with Gasteiger partial charge in [-0.1, -0.05) is 163 Å². The molecule has 2 atom stereocenters. The van der Waals surface area contributed by atoms with Crippen LogP contribution in [0.4, 0.5) is 0 Å². The zero-order valence-electron chi connectivity index (χ0n) is 23.8. The molecule has 0 saturated heterocycles. The number of rotatable bonds is 9. The molecule has 0 radical (unpaired) electrons. The molecule has 0 aromatic rings. The van der Waals surface area contributed by atoms with E-state index < -0.39 is 0 Å². The number of unbranched alkanes of at least 4 members (excludes halogenated alkanes) is 2. The largest absolute Gasteiger partial charge is 0.309 e. The lowest BCUT2D eigenvalue weighted by molar-refractivity contribution is 0.371. The van der Waals surface area contributed by atoms with Gasteiger partial charge in [0.25, 0.3) is 0 Å². The van der Waals surface area contributed by atoms with Crippen LogP contribution in [-0.2, 0) is 0 Å². The molecule has 32 heavy (non-hydrogen) atoms. The molecule has 1 fully saturated rings. The van der Waals surface area contributed by atoms with Crippen LogP contribution in [0.25, 0.3) is 0 Å². The number of hydrogen-bond donors (Lipinski definition) is 0. The van der Waals surface area contributed by atoms with Crippen molar-refractivity contribution in [1.29, 1.82) is 0 Å². The highest BCUT2D eigenvalue weighted by atomic mass is 31.1. The molecule has 2 unspecified atom stereocenters. The molecule has 1 aliphatic carbocycles. The predicted octanol–water partition coefficient (Wildman–Crippen LogP) is 11.0. The molecule has 1 rings (SSSR count). The van der Waals surface area contributed by atoms with Gasteiger partial charge in [-0.3, -0.25) is 0 Å². The van der Waals surface area contributed by atoms with E-state index in [-0.39, 0.29) is 0 Å². The Hall–Kier alpha value is -0.650. The molecule has 192 valence electrons. The van der Waals surface area contributed by atoms with Gasteiger partial charge in [0.2, 0.25) is 0 Å². The Labute approximate surface area is 207 Å². The second-order valence-corrected chi connectivity index (χ2v) is 9.61. The van der Waals surface area contributed by atoms with Crippen molar-refractivity contribution >= 4 is 8.58 Å². The molecule has 0 amide bonds. The molecule has 0 N–H and O–H groups in total. The average molecular weight is 468 g/mol. The van der Waals surface area contributed by atoms with Crippen LogP contribution in [0.2, 0.25) is 0 Å². The van der Waals surface area contributed by atoms with E-state index in [9.17, 15) is 0 Å². The second-order valence-electron chi connectivity index (χ2n) is 8.61. The highest BCUT2D eigenvalue weighted by Gasteiger charge is 1.97. The van der Waals surface area contributed by atoms with Crippen molar-refractivity contribution in [2.24, 2.45) is 5.92 Å². The fourth-order valence-electron chi connectivity index (χ4n) is 2.58. The molecule has 1 saturated carbocycles. The fourth-order valence-corrected chi connectivity index (χ4v) is 3.44. The minimum Gasteiger partial charge on any atom is -0.309 e. The number of hydrogen-bond acceptors (Lipinski definition) is 1. The van der Waals surface area contributed by atoms with Gasteiger partial charge in [0.05, 0.1) is 0 Å². The lowest BCUT2D eigenvalue weighted by Crippen LogP contribution is -2.18. The first kappa shape index (κ1) is 38.6. The summed E-state index contributed by atoms with van der Waals surface area (Å²) in [5.74, 6) is 5.27. The molecule has 1 nitrogen and oxygen atoms in total. The summed E-state index contributed by atoms with van der Waals surface area (Å²) < 4.78 is 0. The van der Waals surface area contributed by atoms with Crippen LogP contribution in [-0.4, -0.2) is 25.5 Å². The predicted molar refractivity (Wildman–Crippen MR) is 158 cm³/mol. The van der Waals surface area contributed by atoms with E-state index in [1.807, 2.05) is 19.1 Å². The van der Waals surface area contributed by atoms with Crippen molar-refractivity contribution < 1.29 is 0 Å². The van der Waals surface area contributed by atoms with E-state index in [0.717, 1.165) is 15.1 Å². The Kier molecular flexibility index (Phi) is 49.1. The van der Waals surface area contributed by atoms with Gasteiger partial charge < -0.3 is 4.90 Å². The first-order valence-electron chi connectivity index (χ1n) is 13.4. The quantitative estimate of drug-likeness (QED) is 0.185. The maximum absolute atomic E-state index is 3.46. The summed E-state index contributed by atoms with van der Waals surface area (Å²) in [6.07, 6.45) is 25.6. The highest BCUT2D eigenvalue weighted by Crippen LogP contribution is 2.16. The average Bonchev–Trinajstić information content (AvgIpc) is 2.76. The number of nitrogens with zero attached hydrogens (tertiary/aromatic N) is 1. The SMILES string of the molecule is C1CCCCC1.C=CC=CC.CCC.CCC.CCCCC=CP/C=C/C(C)CN(C)C. The van der Waals surface area contributed by atoms with Crippen LogP contribution in [0, 0.1) is 5.92 Å². The normalized spacial score (nSPS) is 14.2. The van der Waals surface area contributed by atoms with Crippen LogP contribution in [0.3, 0.4) is 0 Å². The van der Waals surface area contributed by atoms with Gasteiger partial charge in [-0.05, 0) is 33.4 Å².